The highest BCUT2D eigenvalue weighted by molar-refractivity contribution is 7.98. The quantitative estimate of drug-likeness (QED) is 0.335. The van der Waals surface area contributed by atoms with Gasteiger partial charge in [0.15, 0.2) is 6.61 Å². The van der Waals surface area contributed by atoms with Gasteiger partial charge in [0.2, 0.25) is 0 Å². The molecule has 0 aliphatic rings. The van der Waals surface area contributed by atoms with Gasteiger partial charge in [-0.25, -0.2) is 9.59 Å². The van der Waals surface area contributed by atoms with Crippen molar-refractivity contribution in [2.24, 2.45) is 0 Å². The minimum atomic E-state index is -0.916. The molecule has 0 aliphatic carbocycles. The Morgan fingerprint density at radius 1 is 1.09 bits per heavy atom. The number of esters is 1. The van der Waals surface area contributed by atoms with Crippen molar-refractivity contribution < 1.29 is 28.7 Å². The third-order valence-electron chi connectivity index (χ3n) is 4.40. The molecule has 0 saturated carbocycles. The standard InChI is InChI=1S/C22H33N3O6S/c1-22(2,3)16-8-6-15(7-9-16)19(27)24-17(10-13-32-5)20(28)31-14-18(26)25-21(29)23-11-12-30-4/h6-9,17H,10-14H2,1-5H3,(H,24,27)(H2,23,25,26,29)/t17-/m0/s1. The van der Waals surface area contributed by atoms with E-state index in [2.05, 4.69) is 31.4 Å². The summed E-state index contributed by atoms with van der Waals surface area (Å²) in [6.07, 6.45) is 2.22. The summed E-state index contributed by atoms with van der Waals surface area (Å²) in [5, 5.41) is 7.13. The summed E-state index contributed by atoms with van der Waals surface area (Å²) in [5.41, 5.74) is 1.47. The summed E-state index contributed by atoms with van der Waals surface area (Å²) in [7, 11) is 1.48. The van der Waals surface area contributed by atoms with Gasteiger partial charge in [0.1, 0.15) is 6.04 Å². The molecule has 3 N–H and O–H groups in total. The summed E-state index contributed by atoms with van der Waals surface area (Å²) >= 11 is 1.52. The third kappa shape index (κ3) is 10.1. The monoisotopic (exact) mass is 467 g/mol. The van der Waals surface area contributed by atoms with Gasteiger partial charge in [-0.15, -0.1) is 0 Å². The molecule has 0 aliphatic heterocycles. The Morgan fingerprint density at radius 3 is 2.31 bits per heavy atom. The van der Waals surface area contributed by atoms with Crippen molar-refractivity contribution in [3.05, 3.63) is 35.4 Å². The van der Waals surface area contributed by atoms with Gasteiger partial charge in [0.25, 0.3) is 11.8 Å². The van der Waals surface area contributed by atoms with Gasteiger partial charge < -0.3 is 20.1 Å². The maximum atomic E-state index is 12.6. The molecule has 32 heavy (non-hydrogen) atoms. The second kappa shape index (κ2) is 13.7. The molecule has 0 unspecified atom stereocenters. The lowest BCUT2D eigenvalue weighted by molar-refractivity contribution is -0.150. The predicted octanol–water partition coefficient (Wildman–Crippen LogP) is 1.85. The van der Waals surface area contributed by atoms with Crippen LogP contribution in [0.15, 0.2) is 24.3 Å². The van der Waals surface area contributed by atoms with E-state index in [0.717, 1.165) is 5.56 Å². The van der Waals surface area contributed by atoms with Crippen LogP contribution < -0.4 is 16.0 Å². The van der Waals surface area contributed by atoms with Crippen molar-refractivity contribution in [3.63, 3.8) is 0 Å². The number of amides is 4. The van der Waals surface area contributed by atoms with E-state index in [0.29, 0.717) is 24.3 Å². The van der Waals surface area contributed by atoms with E-state index < -0.39 is 36.5 Å². The van der Waals surface area contributed by atoms with Crippen LogP contribution in [0.5, 0.6) is 0 Å². The third-order valence-corrected chi connectivity index (χ3v) is 5.05. The van der Waals surface area contributed by atoms with Crippen LogP contribution in [0.1, 0.15) is 43.1 Å². The lowest BCUT2D eigenvalue weighted by atomic mass is 9.86. The maximum Gasteiger partial charge on any atom is 0.329 e. The van der Waals surface area contributed by atoms with Crippen LogP contribution >= 0.6 is 11.8 Å². The van der Waals surface area contributed by atoms with E-state index in [-0.39, 0.29) is 12.0 Å². The smallest absolute Gasteiger partial charge is 0.329 e. The number of hydrogen-bond donors (Lipinski definition) is 3. The number of rotatable bonds is 11. The number of imide groups is 1. The molecule has 0 saturated heterocycles. The number of methoxy groups -OCH3 is 1. The Hall–Kier alpha value is -2.59. The minimum Gasteiger partial charge on any atom is -0.454 e. The number of thioether (sulfide) groups is 1. The van der Waals surface area contributed by atoms with Crippen LogP contribution in [-0.4, -0.2) is 68.7 Å². The average Bonchev–Trinajstić information content (AvgIpc) is 2.74. The van der Waals surface area contributed by atoms with Gasteiger partial charge in [-0.2, -0.15) is 11.8 Å². The largest absolute Gasteiger partial charge is 0.454 e. The van der Waals surface area contributed by atoms with Crippen molar-refractivity contribution >= 4 is 35.6 Å². The number of ether oxygens (including phenoxy) is 2. The SMILES string of the molecule is COCCNC(=O)NC(=O)COC(=O)[C@H](CCSC)NC(=O)c1ccc(C(C)(C)C)cc1. The van der Waals surface area contributed by atoms with E-state index >= 15 is 0 Å². The van der Waals surface area contributed by atoms with Gasteiger partial charge in [-0.05, 0) is 41.5 Å². The van der Waals surface area contributed by atoms with Gasteiger partial charge in [0.05, 0.1) is 6.61 Å². The highest BCUT2D eigenvalue weighted by Gasteiger charge is 2.24. The number of carbonyl (C=O) groups excluding carboxylic acids is 4. The van der Waals surface area contributed by atoms with Gasteiger partial charge in [-0.3, -0.25) is 14.9 Å². The predicted molar refractivity (Wildman–Crippen MR) is 124 cm³/mol. The Bertz CT molecular complexity index is 777. The maximum absolute atomic E-state index is 12.6. The number of nitrogens with one attached hydrogen (secondary N) is 3. The first kappa shape index (κ1) is 27.4. The van der Waals surface area contributed by atoms with E-state index in [1.807, 2.05) is 23.7 Å². The van der Waals surface area contributed by atoms with Gasteiger partial charge >= 0.3 is 12.0 Å². The van der Waals surface area contributed by atoms with E-state index in [1.54, 1.807) is 12.1 Å². The molecule has 1 aromatic rings. The van der Waals surface area contributed by atoms with Crippen LogP contribution in [0.4, 0.5) is 4.79 Å². The van der Waals surface area contributed by atoms with Crippen molar-refractivity contribution in [2.75, 3.05) is 38.9 Å². The molecular weight excluding hydrogens is 434 g/mol. The van der Waals surface area contributed by atoms with Crippen LogP contribution in [0.25, 0.3) is 0 Å². The molecule has 0 spiro atoms. The first-order chi connectivity index (χ1) is 15.1. The summed E-state index contributed by atoms with van der Waals surface area (Å²) in [5.74, 6) is -1.32. The van der Waals surface area contributed by atoms with Crippen molar-refractivity contribution in [1.82, 2.24) is 16.0 Å². The molecule has 0 aromatic heterocycles. The van der Waals surface area contributed by atoms with Crippen LogP contribution in [0, 0.1) is 0 Å². The second-order valence-electron chi connectivity index (χ2n) is 8.04. The highest BCUT2D eigenvalue weighted by atomic mass is 32.2. The zero-order chi connectivity index (χ0) is 24.1. The van der Waals surface area contributed by atoms with E-state index in [1.165, 1.54) is 18.9 Å². The topological polar surface area (TPSA) is 123 Å². The summed E-state index contributed by atoms with van der Waals surface area (Å²) < 4.78 is 9.80. The molecule has 1 rings (SSSR count). The Balaban J connectivity index is 2.64. The molecule has 4 amide bonds. The molecule has 9 nitrogen and oxygen atoms in total. The molecule has 1 aromatic carbocycles. The highest BCUT2D eigenvalue weighted by Crippen LogP contribution is 2.22. The number of benzene rings is 1. The average molecular weight is 468 g/mol. The molecule has 1 atom stereocenters. The zero-order valence-electron chi connectivity index (χ0n) is 19.3. The Morgan fingerprint density at radius 2 is 1.75 bits per heavy atom. The molecule has 0 heterocycles. The summed E-state index contributed by atoms with van der Waals surface area (Å²) in [6.45, 7) is 6.13. The lowest BCUT2D eigenvalue weighted by Crippen LogP contribution is -2.45. The van der Waals surface area contributed by atoms with Gasteiger partial charge in [-0.1, -0.05) is 32.9 Å². The van der Waals surface area contributed by atoms with E-state index in [4.69, 9.17) is 9.47 Å². The summed E-state index contributed by atoms with van der Waals surface area (Å²) in [6, 6.07) is 5.55. The zero-order valence-corrected chi connectivity index (χ0v) is 20.1. The van der Waals surface area contributed by atoms with Crippen LogP contribution in [0.2, 0.25) is 0 Å². The molecule has 0 radical (unpaired) electrons. The lowest BCUT2D eigenvalue weighted by Gasteiger charge is -2.20. The van der Waals surface area contributed by atoms with Crippen molar-refractivity contribution in [1.29, 1.82) is 0 Å². The first-order valence-electron chi connectivity index (χ1n) is 10.2. The molecule has 10 heteroatoms. The summed E-state index contributed by atoms with van der Waals surface area (Å²) in [4.78, 5) is 48.4. The van der Waals surface area contributed by atoms with Crippen LogP contribution in [-0.2, 0) is 24.5 Å². The molecule has 178 valence electrons. The van der Waals surface area contributed by atoms with Crippen molar-refractivity contribution in [3.8, 4) is 0 Å². The van der Waals surface area contributed by atoms with Crippen LogP contribution in [0.3, 0.4) is 0 Å². The number of carbonyl (C=O) groups is 4. The van der Waals surface area contributed by atoms with E-state index in [9.17, 15) is 19.2 Å². The van der Waals surface area contributed by atoms with Gasteiger partial charge in [0, 0.05) is 19.2 Å². The number of urea groups is 1. The first-order valence-corrected chi connectivity index (χ1v) is 11.6. The second-order valence-corrected chi connectivity index (χ2v) is 9.03. The normalized spacial score (nSPS) is 11.9. The fraction of sp³-hybridized carbons (Fsp3) is 0.545. The molecule has 0 bridgehead atoms. The fourth-order valence-electron chi connectivity index (χ4n) is 2.56. The fourth-order valence-corrected chi connectivity index (χ4v) is 3.03. The Labute approximate surface area is 193 Å². The molecule has 0 fully saturated rings. The van der Waals surface area contributed by atoms with Crippen molar-refractivity contribution in [2.45, 2.75) is 38.6 Å². The molecular formula is C22H33N3O6S. The minimum absolute atomic E-state index is 0.0407. The number of hydrogen-bond acceptors (Lipinski definition) is 7. The Kier molecular flexibility index (Phi) is 11.8.